The molecule has 0 aliphatic heterocycles. The molecule has 0 aromatic carbocycles. The Labute approximate surface area is 81.0 Å². The Morgan fingerprint density at radius 2 is 1.83 bits per heavy atom. The maximum absolute atomic E-state index is 3.94. The number of rotatable bonds is 5. The molecule has 12 heavy (non-hydrogen) atoms. The summed E-state index contributed by atoms with van der Waals surface area (Å²) >= 11 is 3.94. The average molecular weight is 188 g/mol. The summed E-state index contributed by atoms with van der Waals surface area (Å²) in [6, 6.07) is 0.804. The Morgan fingerprint density at radius 1 is 1.08 bits per heavy atom. The van der Waals surface area contributed by atoms with Gasteiger partial charge in [0.15, 0.2) is 0 Å². The first kappa shape index (κ1) is 10.4. The normalized spacial score (nSPS) is 19.8. The van der Waals surface area contributed by atoms with Crippen molar-refractivity contribution in [1.29, 1.82) is 0 Å². The van der Waals surface area contributed by atoms with Crippen molar-refractivity contribution in [3.05, 3.63) is 0 Å². The van der Waals surface area contributed by atoms with Gasteiger partial charge in [0.2, 0.25) is 0 Å². The van der Waals surface area contributed by atoms with E-state index < -0.39 is 0 Å². The van der Waals surface area contributed by atoms with Gasteiger partial charge in [-0.15, -0.1) is 0 Å². The van der Waals surface area contributed by atoms with E-state index in [1.54, 1.807) is 0 Å². The topological polar surface area (TPSA) is 24.1 Å². The molecule has 0 aromatic heterocycles. The largest absolute Gasteiger partial charge is 0.314 e. The number of hydrogen-bond donors (Lipinski definition) is 3. The van der Waals surface area contributed by atoms with Gasteiger partial charge in [-0.1, -0.05) is 32.1 Å². The highest BCUT2D eigenvalue weighted by Crippen LogP contribution is 2.16. The lowest BCUT2D eigenvalue weighted by Gasteiger charge is -2.22. The Bertz CT molecular complexity index is 103. The Morgan fingerprint density at radius 3 is 2.50 bits per heavy atom. The minimum Gasteiger partial charge on any atom is -0.314 e. The van der Waals surface area contributed by atoms with Crippen LogP contribution in [0.1, 0.15) is 38.5 Å². The molecule has 72 valence electrons. The zero-order valence-corrected chi connectivity index (χ0v) is 8.58. The van der Waals surface area contributed by atoms with Gasteiger partial charge < -0.3 is 5.32 Å². The van der Waals surface area contributed by atoms with Gasteiger partial charge in [0.25, 0.3) is 0 Å². The van der Waals surface area contributed by atoms with Crippen molar-refractivity contribution in [1.82, 2.24) is 10.0 Å². The maximum atomic E-state index is 3.94. The highest BCUT2D eigenvalue weighted by Gasteiger charge is 2.11. The van der Waals surface area contributed by atoms with Gasteiger partial charge in [-0.25, -0.2) is 0 Å². The predicted molar refractivity (Wildman–Crippen MR) is 56.5 cm³/mol. The molecule has 2 nitrogen and oxygen atoms in total. The molecular weight excluding hydrogens is 168 g/mol. The second-order valence-electron chi connectivity index (χ2n) is 3.55. The highest BCUT2D eigenvalue weighted by atomic mass is 32.1. The summed E-state index contributed by atoms with van der Waals surface area (Å²) in [5.74, 6) is 0. The third-order valence-corrected chi connectivity index (χ3v) is 2.73. The molecule has 1 aliphatic rings. The van der Waals surface area contributed by atoms with E-state index in [0.717, 1.165) is 19.1 Å². The van der Waals surface area contributed by atoms with Crippen LogP contribution in [0.25, 0.3) is 0 Å². The summed E-state index contributed by atoms with van der Waals surface area (Å²) in [7, 11) is 0. The van der Waals surface area contributed by atoms with Crippen LogP contribution >= 0.6 is 12.8 Å². The number of hydrogen-bond acceptors (Lipinski definition) is 3. The summed E-state index contributed by atoms with van der Waals surface area (Å²) in [4.78, 5) is 0. The number of thiol groups is 1. The minimum absolute atomic E-state index is 0.804. The fourth-order valence-corrected chi connectivity index (χ4v) is 1.94. The molecule has 0 spiro atoms. The van der Waals surface area contributed by atoms with Crippen LogP contribution < -0.4 is 10.0 Å². The third kappa shape index (κ3) is 4.33. The van der Waals surface area contributed by atoms with E-state index in [4.69, 9.17) is 0 Å². The first-order chi connectivity index (χ1) is 5.93. The lowest BCUT2D eigenvalue weighted by atomic mass is 9.95. The maximum Gasteiger partial charge on any atom is 0.00682 e. The molecule has 1 saturated carbocycles. The van der Waals surface area contributed by atoms with Crippen LogP contribution in [-0.2, 0) is 0 Å². The standard InChI is InChI=1S/C9H20N2S/c12-11-8-4-7-10-9-5-2-1-3-6-9/h9-12H,1-8H2. The van der Waals surface area contributed by atoms with Crippen molar-refractivity contribution in [2.24, 2.45) is 0 Å². The second kappa shape index (κ2) is 6.75. The monoisotopic (exact) mass is 188 g/mol. The molecule has 1 rings (SSSR count). The highest BCUT2D eigenvalue weighted by molar-refractivity contribution is 7.78. The molecule has 0 aromatic rings. The first-order valence-corrected chi connectivity index (χ1v) is 5.48. The van der Waals surface area contributed by atoms with Crippen molar-refractivity contribution in [2.75, 3.05) is 13.1 Å². The van der Waals surface area contributed by atoms with E-state index in [1.165, 1.54) is 38.5 Å². The average Bonchev–Trinajstić information content (AvgIpc) is 2.14. The summed E-state index contributed by atoms with van der Waals surface area (Å²) < 4.78 is 2.86. The molecule has 0 saturated heterocycles. The van der Waals surface area contributed by atoms with Crippen molar-refractivity contribution in [2.45, 2.75) is 44.6 Å². The van der Waals surface area contributed by atoms with Gasteiger partial charge in [-0.05, 0) is 25.8 Å². The molecule has 0 amide bonds. The van der Waals surface area contributed by atoms with Crippen molar-refractivity contribution < 1.29 is 0 Å². The van der Waals surface area contributed by atoms with Gasteiger partial charge in [0, 0.05) is 12.6 Å². The van der Waals surface area contributed by atoms with Crippen molar-refractivity contribution >= 4 is 12.8 Å². The predicted octanol–water partition coefficient (Wildman–Crippen LogP) is 1.73. The first-order valence-electron chi connectivity index (χ1n) is 5.04. The second-order valence-corrected chi connectivity index (χ2v) is 3.87. The van der Waals surface area contributed by atoms with E-state index in [1.807, 2.05) is 0 Å². The minimum atomic E-state index is 0.804. The summed E-state index contributed by atoms with van der Waals surface area (Å²) in [6.07, 6.45) is 8.23. The fraction of sp³-hybridized carbons (Fsp3) is 1.00. The third-order valence-electron chi connectivity index (χ3n) is 2.50. The van der Waals surface area contributed by atoms with E-state index in [2.05, 4.69) is 22.9 Å². The smallest absolute Gasteiger partial charge is 0.00682 e. The Hall–Kier alpha value is 0.270. The van der Waals surface area contributed by atoms with Gasteiger partial charge in [-0.3, -0.25) is 4.72 Å². The van der Waals surface area contributed by atoms with Crippen LogP contribution in [0, 0.1) is 0 Å². The fourth-order valence-electron chi connectivity index (χ4n) is 1.78. The summed E-state index contributed by atoms with van der Waals surface area (Å²) in [6.45, 7) is 2.14. The van der Waals surface area contributed by atoms with E-state index in [0.29, 0.717) is 0 Å². The molecule has 2 N–H and O–H groups in total. The lowest BCUT2D eigenvalue weighted by Crippen LogP contribution is -2.32. The lowest BCUT2D eigenvalue weighted by molar-refractivity contribution is 0.372. The molecule has 0 atom stereocenters. The van der Waals surface area contributed by atoms with Gasteiger partial charge in [-0.2, -0.15) is 0 Å². The van der Waals surface area contributed by atoms with E-state index in [9.17, 15) is 0 Å². The zero-order valence-electron chi connectivity index (χ0n) is 7.68. The molecule has 0 bridgehead atoms. The Balaban J connectivity index is 1.91. The van der Waals surface area contributed by atoms with Crippen LogP contribution in [0.2, 0.25) is 0 Å². The van der Waals surface area contributed by atoms with E-state index in [-0.39, 0.29) is 0 Å². The summed E-state index contributed by atoms with van der Waals surface area (Å²) in [5.41, 5.74) is 0. The molecule has 1 fully saturated rings. The van der Waals surface area contributed by atoms with Crippen molar-refractivity contribution in [3.63, 3.8) is 0 Å². The van der Waals surface area contributed by atoms with Crippen LogP contribution in [0.4, 0.5) is 0 Å². The van der Waals surface area contributed by atoms with Gasteiger partial charge >= 0.3 is 0 Å². The van der Waals surface area contributed by atoms with Crippen LogP contribution in [0.5, 0.6) is 0 Å². The quantitative estimate of drug-likeness (QED) is 0.452. The van der Waals surface area contributed by atoms with Crippen LogP contribution in [0.15, 0.2) is 0 Å². The van der Waals surface area contributed by atoms with Gasteiger partial charge in [0.1, 0.15) is 0 Å². The van der Waals surface area contributed by atoms with Crippen LogP contribution in [-0.4, -0.2) is 19.1 Å². The van der Waals surface area contributed by atoms with E-state index >= 15 is 0 Å². The van der Waals surface area contributed by atoms with Crippen LogP contribution in [0.3, 0.4) is 0 Å². The molecule has 1 aliphatic carbocycles. The Kier molecular flexibility index (Phi) is 5.82. The molecule has 0 radical (unpaired) electrons. The molecule has 0 unspecified atom stereocenters. The van der Waals surface area contributed by atoms with Gasteiger partial charge in [0.05, 0.1) is 0 Å². The van der Waals surface area contributed by atoms with Crippen molar-refractivity contribution in [3.8, 4) is 0 Å². The molecular formula is C9H20N2S. The zero-order chi connectivity index (χ0) is 8.65. The SMILES string of the molecule is SNCCCNC1CCCCC1. The molecule has 0 heterocycles. The molecule has 3 heteroatoms. The number of nitrogens with one attached hydrogen (secondary N) is 2. The summed E-state index contributed by atoms with van der Waals surface area (Å²) in [5, 5.41) is 3.58.